The lowest BCUT2D eigenvalue weighted by atomic mass is 9.99. The highest BCUT2D eigenvalue weighted by Gasteiger charge is 2.13. The van der Waals surface area contributed by atoms with E-state index in [0.29, 0.717) is 16.5 Å². The summed E-state index contributed by atoms with van der Waals surface area (Å²) in [6.07, 6.45) is 0. The molecule has 0 radical (unpaired) electrons. The molecule has 0 heterocycles. The third kappa shape index (κ3) is 1.78. The fourth-order valence-electron chi connectivity index (χ4n) is 1.27. The van der Waals surface area contributed by atoms with Crippen LogP contribution < -0.4 is 0 Å². The summed E-state index contributed by atoms with van der Waals surface area (Å²) in [5.74, 6) is -1.000. The van der Waals surface area contributed by atoms with E-state index in [1.807, 2.05) is 6.07 Å². The first-order chi connectivity index (χ1) is 6.61. The predicted octanol–water partition coefficient (Wildman–Crippen LogP) is 2.46. The van der Waals surface area contributed by atoms with Crippen molar-refractivity contribution in [1.82, 2.24) is 0 Å². The summed E-state index contributed by atoms with van der Waals surface area (Å²) < 4.78 is 0. The first-order valence-corrected chi connectivity index (χ1v) is 5.05. The van der Waals surface area contributed by atoms with E-state index in [1.165, 1.54) is 6.07 Å². The minimum Gasteiger partial charge on any atom is -0.478 e. The molecule has 0 spiro atoms. The first kappa shape index (κ1) is 10.7. The molecular formula is C10H8BrNO2. The first-order valence-electron chi connectivity index (χ1n) is 3.93. The minimum atomic E-state index is -1.000. The Balaban J connectivity index is 3.44. The number of alkyl halides is 1. The Morgan fingerprint density at radius 2 is 2.29 bits per heavy atom. The van der Waals surface area contributed by atoms with E-state index >= 15 is 0 Å². The quantitative estimate of drug-likeness (QED) is 0.824. The number of hydrogen-bond acceptors (Lipinski definition) is 2. The molecule has 1 aromatic rings. The van der Waals surface area contributed by atoms with Crippen molar-refractivity contribution < 1.29 is 9.90 Å². The molecule has 1 rings (SSSR count). The van der Waals surface area contributed by atoms with Crippen LogP contribution in [0.4, 0.5) is 0 Å². The summed E-state index contributed by atoms with van der Waals surface area (Å²) in [5, 5.41) is 18.3. The van der Waals surface area contributed by atoms with Crippen LogP contribution in [0.5, 0.6) is 0 Å². The van der Waals surface area contributed by atoms with Crippen LogP contribution >= 0.6 is 15.9 Å². The van der Waals surface area contributed by atoms with Crippen LogP contribution in [-0.4, -0.2) is 11.1 Å². The lowest BCUT2D eigenvalue weighted by molar-refractivity contribution is 0.0696. The summed E-state index contributed by atoms with van der Waals surface area (Å²) in [6.45, 7) is 1.65. The highest BCUT2D eigenvalue weighted by atomic mass is 79.9. The molecule has 4 heteroatoms. The Kier molecular flexibility index (Phi) is 3.26. The molecule has 0 aliphatic carbocycles. The monoisotopic (exact) mass is 253 g/mol. The number of carboxylic acids is 1. The molecule has 0 atom stereocenters. The normalized spacial score (nSPS) is 9.50. The average Bonchev–Trinajstić information content (AvgIpc) is 2.16. The molecule has 72 valence electrons. The summed E-state index contributed by atoms with van der Waals surface area (Å²) in [6, 6.07) is 5.20. The fourth-order valence-corrected chi connectivity index (χ4v) is 1.73. The maximum atomic E-state index is 10.8. The highest BCUT2D eigenvalue weighted by molar-refractivity contribution is 9.08. The van der Waals surface area contributed by atoms with E-state index in [2.05, 4.69) is 15.9 Å². The average molecular weight is 254 g/mol. The smallest absolute Gasteiger partial charge is 0.335 e. The van der Waals surface area contributed by atoms with Gasteiger partial charge in [0.25, 0.3) is 0 Å². The van der Waals surface area contributed by atoms with Gasteiger partial charge in [0.15, 0.2) is 0 Å². The molecule has 0 saturated heterocycles. The predicted molar refractivity (Wildman–Crippen MR) is 55.5 cm³/mol. The van der Waals surface area contributed by atoms with Gasteiger partial charge >= 0.3 is 5.97 Å². The second-order valence-electron chi connectivity index (χ2n) is 2.82. The zero-order chi connectivity index (χ0) is 10.7. The van der Waals surface area contributed by atoms with Crippen molar-refractivity contribution in [2.75, 3.05) is 0 Å². The van der Waals surface area contributed by atoms with Crippen LogP contribution in [0, 0.1) is 18.3 Å². The van der Waals surface area contributed by atoms with Gasteiger partial charge in [0.1, 0.15) is 0 Å². The molecule has 1 aromatic carbocycles. The Bertz CT molecular complexity index is 421. The van der Waals surface area contributed by atoms with Crippen LogP contribution in [-0.2, 0) is 5.33 Å². The van der Waals surface area contributed by atoms with E-state index in [4.69, 9.17) is 10.4 Å². The third-order valence-corrected chi connectivity index (χ3v) is 2.64. The molecule has 0 saturated carbocycles. The molecule has 0 bridgehead atoms. The topological polar surface area (TPSA) is 61.1 Å². The number of rotatable bonds is 2. The van der Waals surface area contributed by atoms with Crippen molar-refractivity contribution in [1.29, 1.82) is 5.26 Å². The molecular weight excluding hydrogens is 246 g/mol. The molecule has 0 aliphatic rings. The summed E-state index contributed by atoms with van der Waals surface area (Å²) in [5.41, 5.74) is 1.97. The van der Waals surface area contributed by atoms with E-state index in [0.717, 1.165) is 5.56 Å². The maximum absolute atomic E-state index is 10.8. The van der Waals surface area contributed by atoms with Crippen LogP contribution in [0.15, 0.2) is 12.1 Å². The van der Waals surface area contributed by atoms with Gasteiger partial charge in [0.2, 0.25) is 0 Å². The standard InChI is InChI=1S/C10H8BrNO2/c1-6-8(10(13)14)3-2-7(4-11)9(6)5-12/h2-3H,4H2,1H3,(H,13,14). The molecule has 0 unspecified atom stereocenters. The third-order valence-electron chi connectivity index (χ3n) is 2.04. The number of nitriles is 1. The van der Waals surface area contributed by atoms with Crippen molar-refractivity contribution in [2.24, 2.45) is 0 Å². The number of carbonyl (C=O) groups is 1. The zero-order valence-corrected chi connectivity index (χ0v) is 9.13. The van der Waals surface area contributed by atoms with E-state index in [9.17, 15) is 4.79 Å². The zero-order valence-electron chi connectivity index (χ0n) is 7.54. The number of benzene rings is 1. The maximum Gasteiger partial charge on any atom is 0.335 e. The number of nitrogens with zero attached hydrogens (tertiary/aromatic N) is 1. The SMILES string of the molecule is Cc1c(C(=O)O)ccc(CBr)c1C#N. The van der Waals surface area contributed by atoms with Gasteiger partial charge in [0, 0.05) is 5.33 Å². The Morgan fingerprint density at radius 3 is 2.71 bits per heavy atom. The van der Waals surface area contributed by atoms with Crippen molar-refractivity contribution >= 4 is 21.9 Å². The number of halogens is 1. The van der Waals surface area contributed by atoms with Crippen molar-refractivity contribution in [3.63, 3.8) is 0 Å². The fraction of sp³-hybridized carbons (Fsp3) is 0.200. The molecule has 0 fully saturated rings. The van der Waals surface area contributed by atoms with Crippen molar-refractivity contribution in [3.05, 3.63) is 34.4 Å². The lowest BCUT2D eigenvalue weighted by Crippen LogP contribution is -2.03. The van der Waals surface area contributed by atoms with E-state index < -0.39 is 5.97 Å². The van der Waals surface area contributed by atoms with Crippen LogP contribution in [0.1, 0.15) is 27.0 Å². The minimum absolute atomic E-state index is 0.186. The van der Waals surface area contributed by atoms with E-state index in [-0.39, 0.29) is 5.56 Å². The van der Waals surface area contributed by atoms with Gasteiger partial charge < -0.3 is 5.11 Å². The number of aromatic carboxylic acids is 1. The summed E-state index contributed by atoms with van der Waals surface area (Å²) in [4.78, 5) is 10.8. The van der Waals surface area contributed by atoms with Crippen LogP contribution in [0.3, 0.4) is 0 Å². The van der Waals surface area contributed by atoms with Gasteiger partial charge in [-0.2, -0.15) is 5.26 Å². The van der Waals surface area contributed by atoms with Gasteiger partial charge in [-0.05, 0) is 24.1 Å². The second kappa shape index (κ2) is 4.25. The Morgan fingerprint density at radius 1 is 1.64 bits per heavy atom. The Hall–Kier alpha value is -1.34. The molecule has 14 heavy (non-hydrogen) atoms. The summed E-state index contributed by atoms with van der Waals surface area (Å²) in [7, 11) is 0. The molecule has 1 N–H and O–H groups in total. The van der Waals surface area contributed by atoms with Crippen LogP contribution in [0.2, 0.25) is 0 Å². The summed E-state index contributed by atoms with van der Waals surface area (Å²) >= 11 is 3.25. The molecule has 0 aromatic heterocycles. The molecule has 0 amide bonds. The van der Waals surface area contributed by atoms with Crippen molar-refractivity contribution in [3.8, 4) is 6.07 Å². The second-order valence-corrected chi connectivity index (χ2v) is 3.38. The molecule has 0 aliphatic heterocycles. The largest absolute Gasteiger partial charge is 0.478 e. The van der Waals surface area contributed by atoms with Gasteiger partial charge in [-0.3, -0.25) is 0 Å². The van der Waals surface area contributed by atoms with E-state index in [1.54, 1.807) is 13.0 Å². The van der Waals surface area contributed by atoms with Gasteiger partial charge in [0.05, 0.1) is 17.2 Å². The number of carboxylic acid groups (broad SMARTS) is 1. The van der Waals surface area contributed by atoms with Crippen LogP contribution in [0.25, 0.3) is 0 Å². The Labute approximate surface area is 90.1 Å². The van der Waals surface area contributed by atoms with Gasteiger partial charge in [-0.1, -0.05) is 22.0 Å². The van der Waals surface area contributed by atoms with Crippen molar-refractivity contribution in [2.45, 2.75) is 12.3 Å². The highest BCUT2D eigenvalue weighted by Crippen LogP contribution is 2.20. The number of hydrogen-bond donors (Lipinski definition) is 1. The van der Waals surface area contributed by atoms with Gasteiger partial charge in [-0.25, -0.2) is 4.79 Å². The lowest BCUT2D eigenvalue weighted by Gasteiger charge is -2.06. The van der Waals surface area contributed by atoms with Gasteiger partial charge in [-0.15, -0.1) is 0 Å². The molecule has 3 nitrogen and oxygen atoms in total.